The molecule has 5 nitrogen and oxygen atoms in total. The van der Waals surface area contributed by atoms with Gasteiger partial charge in [0.15, 0.2) is 0 Å². The molecule has 1 unspecified atom stereocenters. The van der Waals surface area contributed by atoms with E-state index in [0.29, 0.717) is 11.8 Å². The Labute approximate surface area is 109 Å². The van der Waals surface area contributed by atoms with Gasteiger partial charge in [0.2, 0.25) is 5.96 Å². The standard InChI is InChI=1S/C13H23N5/c1-4-11(10-14)12(15-2)17-13(16-3)18-8-6-5-7-9-18/h10-11,14H,3-9H2,1-2H3. The summed E-state index contributed by atoms with van der Waals surface area (Å²) in [5, 5.41) is 7.40. The Morgan fingerprint density at radius 2 is 2.06 bits per heavy atom. The Morgan fingerprint density at radius 3 is 2.50 bits per heavy atom. The highest BCUT2D eigenvalue weighted by atomic mass is 15.3. The van der Waals surface area contributed by atoms with E-state index >= 15 is 0 Å². The van der Waals surface area contributed by atoms with Crippen LogP contribution in [0.25, 0.3) is 0 Å². The van der Waals surface area contributed by atoms with Crippen LogP contribution in [-0.4, -0.2) is 49.8 Å². The number of likely N-dealkylation sites (tertiary alicyclic amines) is 1. The molecule has 0 saturated carbocycles. The van der Waals surface area contributed by atoms with E-state index in [9.17, 15) is 0 Å². The molecule has 0 bridgehead atoms. The molecule has 1 aliphatic rings. The zero-order valence-electron chi connectivity index (χ0n) is 11.4. The van der Waals surface area contributed by atoms with Gasteiger partial charge in [-0.3, -0.25) is 4.99 Å². The molecule has 1 aliphatic heterocycles. The van der Waals surface area contributed by atoms with Crippen molar-refractivity contribution in [1.29, 1.82) is 5.41 Å². The van der Waals surface area contributed by atoms with E-state index in [2.05, 4.69) is 26.6 Å². The van der Waals surface area contributed by atoms with Crippen molar-refractivity contribution in [3.63, 3.8) is 0 Å². The van der Waals surface area contributed by atoms with Crippen molar-refractivity contribution in [1.82, 2.24) is 4.90 Å². The Balaban J connectivity index is 2.86. The maximum absolute atomic E-state index is 7.40. The van der Waals surface area contributed by atoms with Crippen molar-refractivity contribution in [2.24, 2.45) is 20.9 Å². The van der Waals surface area contributed by atoms with E-state index in [1.807, 2.05) is 6.92 Å². The SMILES string of the molecule is C=NC(=NC(=NC)C(C=N)CC)N1CCCCC1. The van der Waals surface area contributed by atoms with Crippen molar-refractivity contribution < 1.29 is 0 Å². The fourth-order valence-corrected chi connectivity index (χ4v) is 2.08. The van der Waals surface area contributed by atoms with Gasteiger partial charge >= 0.3 is 0 Å². The van der Waals surface area contributed by atoms with Crippen LogP contribution in [0.5, 0.6) is 0 Å². The predicted octanol–water partition coefficient (Wildman–Crippen LogP) is 2.23. The highest BCUT2D eigenvalue weighted by Gasteiger charge is 2.16. The van der Waals surface area contributed by atoms with Crippen LogP contribution in [0.15, 0.2) is 15.0 Å². The Hall–Kier alpha value is -1.52. The van der Waals surface area contributed by atoms with Gasteiger partial charge in [0.1, 0.15) is 5.84 Å². The number of hydrogen-bond acceptors (Lipinski definition) is 2. The second-order valence-corrected chi connectivity index (χ2v) is 4.38. The molecule has 1 atom stereocenters. The smallest absolute Gasteiger partial charge is 0.226 e. The average molecular weight is 249 g/mol. The molecule has 0 spiro atoms. The Bertz CT molecular complexity index is 339. The van der Waals surface area contributed by atoms with Crippen LogP contribution in [0.2, 0.25) is 0 Å². The van der Waals surface area contributed by atoms with Gasteiger partial charge in [-0.2, -0.15) is 4.99 Å². The molecule has 1 heterocycles. The molecular formula is C13H23N5. The first kappa shape index (κ1) is 14.5. The first-order chi connectivity index (χ1) is 8.76. The molecule has 1 N–H and O–H groups in total. The maximum atomic E-state index is 7.40. The van der Waals surface area contributed by atoms with E-state index in [0.717, 1.165) is 19.5 Å². The quantitative estimate of drug-likeness (QED) is 0.605. The second-order valence-electron chi connectivity index (χ2n) is 4.38. The largest absolute Gasteiger partial charge is 0.341 e. The summed E-state index contributed by atoms with van der Waals surface area (Å²) in [4.78, 5) is 14.8. The molecule has 1 saturated heterocycles. The van der Waals surface area contributed by atoms with E-state index in [1.165, 1.54) is 25.5 Å². The highest BCUT2D eigenvalue weighted by Crippen LogP contribution is 2.11. The van der Waals surface area contributed by atoms with E-state index in [-0.39, 0.29) is 5.92 Å². The summed E-state index contributed by atoms with van der Waals surface area (Å²) in [5.74, 6) is 1.28. The molecule has 0 aromatic rings. The number of hydrogen-bond donors (Lipinski definition) is 1. The minimum absolute atomic E-state index is 0.0310. The normalized spacial score (nSPS) is 19.6. The van der Waals surface area contributed by atoms with Gasteiger partial charge in [-0.1, -0.05) is 6.92 Å². The average Bonchev–Trinajstić information content (AvgIpc) is 2.44. The number of piperidine rings is 1. The minimum atomic E-state index is -0.0310. The Morgan fingerprint density at radius 1 is 1.39 bits per heavy atom. The third kappa shape index (κ3) is 3.75. The van der Waals surface area contributed by atoms with Crippen molar-refractivity contribution >= 4 is 24.7 Å². The molecule has 100 valence electrons. The molecule has 5 heteroatoms. The summed E-state index contributed by atoms with van der Waals surface area (Å²) in [7, 11) is 1.71. The third-order valence-corrected chi connectivity index (χ3v) is 3.20. The van der Waals surface area contributed by atoms with Crippen LogP contribution in [0.4, 0.5) is 0 Å². The van der Waals surface area contributed by atoms with Gasteiger partial charge in [0.05, 0.1) is 5.92 Å². The monoisotopic (exact) mass is 249 g/mol. The summed E-state index contributed by atoms with van der Waals surface area (Å²) < 4.78 is 0. The van der Waals surface area contributed by atoms with Gasteiger partial charge in [-0.05, 0) is 32.4 Å². The number of aliphatic imine (C=N–C) groups is 3. The van der Waals surface area contributed by atoms with Crippen molar-refractivity contribution in [3.05, 3.63) is 0 Å². The van der Waals surface area contributed by atoms with E-state index in [4.69, 9.17) is 5.41 Å². The van der Waals surface area contributed by atoms with Crippen molar-refractivity contribution in [3.8, 4) is 0 Å². The number of nitrogens with one attached hydrogen (secondary N) is 1. The van der Waals surface area contributed by atoms with E-state index in [1.54, 1.807) is 7.05 Å². The molecule has 0 aromatic heterocycles. The van der Waals surface area contributed by atoms with Crippen LogP contribution in [0.3, 0.4) is 0 Å². The molecule has 1 rings (SSSR count). The van der Waals surface area contributed by atoms with Gasteiger partial charge in [-0.25, -0.2) is 4.99 Å². The van der Waals surface area contributed by atoms with Crippen molar-refractivity contribution in [2.75, 3.05) is 20.1 Å². The zero-order valence-corrected chi connectivity index (χ0v) is 11.4. The Kier molecular flexibility index (Phi) is 6.25. The lowest BCUT2D eigenvalue weighted by Gasteiger charge is -2.27. The van der Waals surface area contributed by atoms with Gasteiger partial charge in [-0.15, -0.1) is 0 Å². The first-order valence-corrected chi connectivity index (χ1v) is 6.54. The summed E-state index contributed by atoms with van der Waals surface area (Å²) in [6, 6.07) is 0. The van der Waals surface area contributed by atoms with Crippen LogP contribution in [-0.2, 0) is 0 Å². The molecule has 0 radical (unpaired) electrons. The maximum Gasteiger partial charge on any atom is 0.226 e. The fourth-order valence-electron chi connectivity index (χ4n) is 2.08. The molecule has 0 aliphatic carbocycles. The molecular weight excluding hydrogens is 226 g/mol. The molecule has 0 aromatic carbocycles. The lowest BCUT2D eigenvalue weighted by atomic mass is 10.1. The van der Waals surface area contributed by atoms with Gasteiger partial charge in [0, 0.05) is 26.4 Å². The predicted molar refractivity (Wildman–Crippen MR) is 78.3 cm³/mol. The molecule has 0 amide bonds. The van der Waals surface area contributed by atoms with Gasteiger partial charge in [0.25, 0.3) is 0 Å². The molecule has 18 heavy (non-hydrogen) atoms. The van der Waals surface area contributed by atoms with E-state index < -0.39 is 0 Å². The topological polar surface area (TPSA) is 64.2 Å². The summed E-state index contributed by atoms with van der Waals surface area (Å²) >= 11 is 0. The number of amidine groups is 1. The highest BCUT2D eigenvalue weighted by molar-refractivity contribution is 6.04. The summed E-state index contributed by atoms with van der Waals surface area (Å²) in [6.45, 7) is 7.59. The lowest BCUT2D eigenvalue weighted by Crippen LogP contribution is -2.35. The first-order valence-electron chi connectivity index (χ1n) is 6.54. The third-order valence-electron chi connectivity index (χ3n) is 3.20. The number of guanidine groups is 1. The summed E-state index contributed by atoms with van der Waals surface area (Å²) in [5.41, 5.74) is 0. The van der Waals surface area contributed by atoms with Gasteiger partial charge < -0.3 is 10.3 Å². The number of rotatable bonds is 3. The van der Waals surface area contributed by atoms with Crippen molar-refractivity contribution in [2.45, 2.75) is 32.6 Å². The fraction of sp³-hybridized carbons (Fsp3) is 0.692. The molecule has 1 fully saturated rings. The zero-order chi connectivity index (χ0) is 13.4. The van der Waals surface area contributed by atoms with Crippen LogP contribution in [0, 0.1) is 11.3 Å². The van der Waals surface area contributed by atoms with Crippen LogP contribution >= 0.6 is 0 Å². The minimum Gasteiger partial charge on any atom is -0.341 e. The van der Waals surface area contributed by atoms with Crippen LogP contribution < -0.4 is 0 Å². The van der Waals surface area contributed by atoms with Crippen LogP contribution in [0.1, 0.15) is 32.6 Å². The second kappa shape index (κ2) is 7.74. The summed E-state index contributed by atoms with van der Waals surface area (Å²) in [6.07, 6.45) is 5.84. The number of nitrogens with zero attached hydrogens (tertiary/aromatic N) is 4. The lowest BCUT2D eigenvalue weighted by molar-refractivity contribution is 0.339.